The molecule has 19 heavy (non-hydrogen) atoms. The van der Waals surface area contributed by atoms with Gasteiger partial charge in [-0.1, -0.05) is 0 Å². The second kappa shape index (κ2) is 3.74. The minimum absolute atomic E-state index is 0.0169. The highest BCUT2D eigenvalue weighted by Gasteiger charge is 2.56. The van der Waals surface area contributed by atoms with Crippen LogP contribution in [0.25, 0.3) is 0 Å². The summed E-state index contributed by atoms with van der Waals surface area (Å²) in [6, 6.07) is -0.280. The quantitative estimate of drug-likeness (QED) is 0.774. The zero-order valence-electron chi connectivity index (χ0n) is 11.5. The van der Waals surface area contributed by atoms with Gasteiger partial charge in [-0.15, -0.1) is 0 Å². The lowest BCUT2D eigenvalue weighted by atomic mass is 9.52. The van der Waals surface area contributed by atoms with E-state index in [1.807, 2.05) is 11.8 Å². The Kier molecular flexibility index (Phi) is 2.31. The molecule has 0 spiro atoms. The van der Waals surface area contributed by atoms with Crippen molar-refractivity contribution in [1.82, 2.24) is 10.2 Å². The van der Waals surface area contributed by atoms with E-state index in [0.717, 1.165) is 37.0 Å². The molecule has 1 N–H and O–H groups in total. The Morgan fingerprint density at radius 3 is 2.11 bits per heavy atom. The van der Waals surface area contributed by atoms with Gasteiger partial charge in [0.2, 0.25) is 11.8 Å². The third-order valence-corrected chi connectivity index (χ3v) is 5.97. The van der Waals surface area contributed by atoms with E-state index in [-0.39, 0.29) is 29.9 Å². The van der Waals surface area contributed by atoms with Crippen molar-refractivity contribution in [2.45, 2.75) is 57.0 Å². The third kappa shape index (κ3) is 1.58. The van der Waals surface area contributed by atoms with Crippen LogP contribution in [0.4, 0.5) is 0 Å². The number of nitrogens with zero attached hydrogens (tertiary/aromatic N) is 1. The second-order valence-corrected chi connectivity index (χ2v) is 7.30. The van der Waals surface area contributed by atoms with E-state index in [2.05, 4.69) is 5.32 Å². The molecular weight excluding hydrogens is 240 g/mol. The molecule has 104 valence electrons. The number of hydrogen-bond donors (Lipinski definition) is 1. The SMILES string of the molecule is CC1C(=O)NCC(=O)N1C12CC3CC(CC(C3)C1)C2. The number of carbonyl (C=O) groups is 2. The number of piperazine rings is 1. The maximum atomic E-state index is 12.4. The standard InChI is InChI=1S/C15H22N2O2/c1-9-14(19)16-8-13(18)17(9)15-5-10-2-11(6-15)4-12(3-10)7-15/h9-12H,2-8H2,1H3,(H,16,19). The van der Waals surface area contributed by atoms with Crippen LogP contribution in [-0.4, -0.2) is 34.8 Å². The normalized spacial score (nSPS) is 48.6. The Morgan fingerprint density at radius 1 is 1.05 bits per heavy atom. The van der Waals surface area contributed by atoms with Gasteiger partial charge < -0.3 is 10.2 Å². The highest BCUT2D eigenvalue weighted by Crippen LogP contribution is 2.58. The molecule has 0 aromatic carbocycles. The predicted molar refractivity (Wildman–Crippen MR) is 70.2 cm³/mol. The van der Waals surface area contributed by atoms with E-state index in [0.29, 0.717) is 0 Å². The Hall–Kier alpha value is -1.06. The lowest BCUT2D eigenvalue weighted by Crippen LogP contribution is -2.69. The van der Waals surface area contributed by atoms with Crippen molar-refractivity contribution in [2.24, 2.45) is 17.8 Å². The number of nitrogens with one attached hydrogen (secondary N) is 1. The molecule has 5 rings (SSSR count). The van der Waals surface area contributed by atoms with Crippen LogP contribution in [0.15, 0.2) is 0 Å². The Morgan fingerprint density at radius 2 is 1.58 bits per heavy atom. The van der Waals surface area contributed by atoms with Crippen LogP contribution < -0.4 is 5.32 Å². The van der Waals surface area contributed by atoms with Crippen LogP contribution in [0, 0.1) is 17.8 Å². The van der Waals surface area contributed by atoms with Crippen LogP contribution in [0.5, 0.6) is 0 Å². The molecule has 1 unspecified atom stereocenters. The average Bonchev–Trinajstić information content (AvgIpc) is 2.32. The van der Waals surface area contributed by atoms with Crippen molar-refractivity contribution in [2.75, 3.05) is 6.54 Å². The smallest absolute Gasteiger partial charge is 0.243 e. The number of hydrogen-bond acceptors (Lipinski definition) is 2. The molecule has 4 nitrogen and oxygen atoms in total. The molecule has 5 fully saturated rings. The van der Waals surface area contributed by atoms with Gasteiger partial charge in [-0.2, -0.15) is 0 Å². The fourth-order valence-electron chi connectivity index (χ4n) is 5.76. The van der Waals surface area contributed by atoms with Gasteiger partial charge in [0.05, 0.1) is 6.54 Å². The van der Waals surface area contributed by atoms with Crippen molar-refractivity contribution >= 4 is 11.8 Å². The fraction of sp³-hybridized carbons (Fsp3) is 0.867. The lowest BCUT2D eigenvalue weighted by Gasteiger charge is -2.61. The Labute approximate surface area is 113 Å². The van der Waals surface area contributed by atoms with Crippen molar-refractivity contribution in [3.63, 3.8) is 0 Å². The molecule has 0 radical (unpaired) electrons. The monoisotopic (exact) mass is 262 g/mol. The first-order valence-corrected chi connectivity index (χ1v) is 7.67. The van der Waals surface area contributed by atoms with E-state index in [4.69, 9.17) is 0 Å². The van der Waals surface area contributed by atoms with E-state index in [1.54, 1.807) is 0 Å². The van der Waals surface area contributed by atoms with Gasteiger partial charge in [0.25, 0.3) is 0 Å². The summed E-state index contributed by atoms with van der Waals surface area (Å²) in [5.74, 6) is 2.56. The van der Waals surface area contributed by atoms with E-state index < -0.39 is 0 Å². The minimum atomic E-state index is -0.280. The maximum absolute atomic E-state index is 12.4. The molecule has 1 heterocycles. The van der Waals surface area contributed by atoms with Gasteiger partial charge in [0.15, 0.2) is 0 Å². The molecule has 1 atom stereocenters. The van der Waals surface area contributed by atoms with Gasteiger partial charge in [-0.05, 0) is 63.2 Å². The molecule has 0 aromatic rings. The van der Waals surface area contributed by atoms with Crippen LogP contribution >= 0.6 is 0 Å². The molecule has 2 amide bonds. The first-order chi connectivity index (χ1) is 9.07. The maximum Gasteiger partial charge on any atom is 0.243 e. The van der Waals surface area contributed by atoms with E-state index >= 15 is 0 Å². The molecule has 4 heteroatoms. The molecule has 1 saturated heterocycles. The molecular formula is C15H22N2O2. The van der Waals surface area contributed by atoms with Gasteiger partial charge in [0, 0.05) is 5.54 Å². The van der Waals surface area contributed by atoms with Gasteiger partial charge in [0.1, 0.15) is 6.04 Å². The Bertz CT molecular complexity index is 410. The summed E-state index contributed by atoms with van der Waals surface area (Å²) >= 11 is 0. The number of amides is 2. The lowest BCUT2D eigenvalue weighted by molar-refractivity contribution is -0.165. The van der Waals surface area contributed by atoms with Crippen molar-refractivity contribution in [1.29, 1.82) is 0 Å². The summed E-state index contributed by atoms with van der Waals surface area (Å²) in [5, 5.41) is 2.71. The Balaban J connectivity index is 1.70. The highest BCUT2D eigenvalue weighted by atomic mass is 16.2. The van der Waals surface area contributed by atoms with Gasteiger partial charge in [-0.25, -0.2) is 0 Å². The van der Waals surface area contributed by atoms with E-state index in [1.165, 1.54) is 19.3 Å². The summed E-state index contributed by atoms with van der Waals surface area (Å²) < 4.78 is 0. The largest absolute Gasteiger partial charge is 0.345 e. The number of carbonyl (C=O) groups excluding carboxylic acids is 2. The summed E-state index contributed by atoms with van der Waals surface area (Å²) in [7, 11) is 0. The van der Waals surface area contributed by atoms with Crippen LogP contribution in [-0.2, 0) is 9.59 Å². The average molecular weight is 262 g/mol. The van der Waals surface area contributed by atoms with E-state index in [9.17, 15) is 9.59 Å². The van der Waals surface area contributed by atoms with Crippen molar-refractivity contribution < 1.29 is 9.59 Å². The third-order valence-electron chi connectivity index (χ3n) is 5.97. The summed E-state index contributed by atoms with van der Waals surface area (Å²) in [6.07, 6.45) is 7.51. The van der Waals surface area contributed by atoms with Gasteiger partial charge in [-0.3, -0.25) is 9.59 Å². The molecule has 4 saturated carbocycles. The molecule has 1 aliphatic heterocycles. The zero-order chi connectivity index (χ0) is 13.2. The zero-order valence-corrected chi connectivity index (χ0v) is 11.5. The van der Waals surface area contributed by atoms with Crippen molar-refractivity contribution in [3.05, 3.63) is 0 Å². The van der Waals surface area contributed by atoms with Crippen LogP contribution in [0.3, 0.4) is 0 Å². The van der Waals surface area contributed by atoms with Crippen LogP contribution in [0.1, 0.15) is 45.4 Å². The number of rotatable bonds is 1. The second-order valence-electron chi connectivity index (χ2n) is 7.30. The fourth-order valence-corrected chi connectivity index (χ4v) is 5.76. The molecule has 4 aliphatic carbocycles. The first kappa shape index (κ1) is 11.7. The molecule has 0 aromatic heterocycles. The summed E-state index contributed by atoms with van der Waals surface area (Å²) in [6.45, 7) is 2.09. The van der Waals surface area contributed by atoms with Gasteiger partial charge >= 0.3 is 0 Å². The molecule has 5 aliphatic rings. The topological polar surface area (TPSA) is 49.4 Å². The first-order valence-electron chi connectivity index (χ1n) is 7.67. The highest BCUT2D eigenvalue weighted by molar-refractivity contribution is 5.95. The summed E-state index contributed by atoms with van der Waals surface area (Å²) in [5.41, 5.74) is 0.0169. The van der Waals surface area contributed by atoms with Crippen LogP contribution in [0.2, 0.25) is 0 Å². The van der Waals surface area contributed by atoms with Crippen molar-refractivity contribution in [3.8, 4) is 0 Å². The predicted octanol–water partition coefficient (Wildman–Crippen LogP) is 1.30. The summed E-state index contributed by atoms with van der Waals surface area (Å²) in [4.78, 5) is 26.3. The minimum Gasteiger partial charge on any atom is -0.345 e. The molecule has 4 bridgehead atoms.